The van der Waals surface area contributed by atoms with E-state index in [1.165, 1.54) is 13.1 Å². The average molecular weight is 253 g/mol. The first-order valence-electron chi connectivity index (χ1n) is 6.51. The van der Waals surface area contributed by atoms with E-state index in [0.717, 1.165) is 12.8 Å². The van der Waals surface area contributed by atoms with Crippen LogP contribution in [0.1, 0.15) is 33.1 Å². The Labute approximate surface area is 106 Å². The molecule has 1 heterocycles. The molecule has 3 rings (SSSR count). The molecule has 3 fully saturated rings. The van der Waals surface area contributed by atoms with Gasteiger partial charge in [-0.05, 0) is 24.2 Å². The molecule has 2 N–H and O–H groups in total. The molecule has 2 aliphatic carbocycles. The van der Waals surface area contributed by atoms with Crippen LogP contribution < -0.4 is 0 Å². The predicted molar refractivity (Wildman–Crippen MR) is 63.9 cm³/mol. The van der Waals surface area contributed by atoms with Crippen molar-refractivity contribution in [2.24, 2.45) is 22.2 Å². The normalized spacial score (nSPS) is 48.9. The molecule has 2 saturated carbocycles. The second-order valence-corrected chi connectivity index (χ2v) is 5.96. The van der Waals surface area contributed by atoms with Gasteiger partial charge in [0, 0.05) is 19.6 Å². The van der Waals surface area contributed by atoms with E-state index in [2.05, 4.69) is 11.9 Å². The number of aliphatic hydroxyl groups excluding tert-OH is 2. The second-order valence-electron chi connectivity index (χ2n) is 5.96. The summed E-state index contributed by atoms with van der Waals surface area (Å²) in [4.78, 5) is 14.7. The first kappa shape index (κ1) is 12.3. The number of rotatable bonds is 1. The third-order valence-corrected chi connectivity index (χ3v) is 5.07. The van der Waals surface area contributed by atoms with E-state index in [9.17, 15) is 15.0 Å². The Morgan fingerprint density at radius 3 is 2.50 bits per heavy atom. The molecule has 0 aromatic heterocycles. The molecular formula is C13H19NO4. The highest BCUT2D eigenvalue weighted by atomic mass is 16.6. The lowest BCUT2D eigenvalue weighted by Crippen LogP contribution is -2.51. The molecule has 0 aromatic carbocycles. The Bertz CT molecular complexity index is 417. The van der Waals surface area contributed by atoms with Crippen molar-refractivity contribution in [3.8, 4) is 0 Å². The van der Waals surface area contributed by atoms with E-state index in [1.54, 1.807) is 0 Å². The van der Waals surface area contributed by atoms with E-state index in [1.807, 2.05) is 0 Å². The number of carbonyl (C=O) groups is 1. The molecule has 1 amide bonds. The van der Waals surface area contributed by atoms with Crippen LogP contribution in [0.2, 0.25) is 0 Å². The molecule has 3 unspecified atom stereocenters. The van der Waals surface area contributed by atoms with Crippen LogP contribution in [-0.4, -0.2) is 40.3 Å². The van der Waals surface area contributed by atoms with Crippen LogP contribution in [-0.2, 0) is 9.53 Å². The monoisotopic (exact) mass is 253 g/mol. The van der Waals surface area contributed by atoms with Crippen LogP contribution in [0.25, 0.3) is 0 Å². The second kappa shape index (κ2) is 3.62. The van der Waals surface area contributed by atoms with E-state index >= 15 is 0 Å². The lowest BCUT2D eigenvalue weighted by Gasteiger charge is -2.44. The summed E-state index contributed by atoms with van der Waals surface area (Å²) in [5.41, 5.74) is -0.607. The summed E-state index contributed by atoms with van der Waals surface area (Å²) in [7, 11) is 0. The van der Waals surface area contributed by atoms with Gasteiger partial charge in [0.15, 0.2) is 6.29 Å². The summed E-state index contributed by atoms with van der Waals surface area (Å²) in [6, 6.07) is 0. The van der Waals surface area contributed by atoms with Gasteiger partial charge in [0.25, 0.3) is 0 Å². The number of ether oxygens (including phenoxy) is 1. The molecule has 5 nitrogen and oxygen atoms in total. The number of hydrogen-bond acceptors (Lipinski definition) is 4. The van der Waals surface area contributed by atoms with Crippen LogP contribution in [0.15, 0.2) is 4.99 Å². The Hall–Kier alpha value is -0.780. The summed E-state index contributed by atoms with van der Waals surface area (Å²) >= 11 is 0. The van der Waals surface area contributed by atoms with Gasteiger partial charge in [-0.2, -0.15) is 0 Å². The average Bonchev–Trinajstić information content (AvgIpc) is 3.16. The van der Waals surface area contributed by atoms with E-state index in [0.29, 0.717) is 6.42 Å². The topological polar surface area (TPSA) is 79.1 Å². The van der Waals surface area contributed by atoms with Crippen LogP contribution in [0.3, 0.4) is 0 Å². The molecule has 100 valence electrons. The molecule has 5 heteroatoms. The molecule has 1 saturated heterocycles. The lowest BCUT2D eigenvalue weighted by atomic mass is 9.72. The molecule has 3 aliphatic rings. The van der Waals surface area contributed by atoms with Crippen LogP contribution in [0.4, 0.5) is 0 Å². The van der Waals surface area contributed by atoms with Crippen LogP contribution in [0.5, 0.6) is 0 Å². The van der Waals surface area contributed by atoms with Gasteiger partial charge in [0.2, 0.25) is 5.91 Å². The minimum Gasteiger partial charge on any atom is -0.390 e. The SMILES string of the molecule is CC(=O)N=C[C@H]1C(O)OC2(CC2O)[C@@H](C)C12CC2. The number of aliphatic hydroxyl groups is 2. The van der Waals surface area contributed by atoms with Crippen molar-refractivity contribution in [3.63, 3.8) is 0 Å². The van der Waals surface area contributed by atoms with Crippen molar-refractivity contribution < 1.29 is 19.7 Å². The van der Waals surface area contributed by atoms with Gasteiger partial charge in [0.1, 0.15) is 5.60 Å². The summed E-state index contributed by atoms with van der Waals surface area (Å²) < 4.78 is 5.63. The van der Waals surface area contributed by atoms with Gasteiger partial charge < -0.3 is 14.9 Å². The summed E-state index contributed by atoms with van der Waals surface area (Å²) in [5.74, 6) is -0.320. The van der Waals surface area contributed by atoms with Crippen molar-refractivity contribution in [1.29, 1.82) is 0 Å². The lowest BCUT2D eigenvalue weighted by molar-refractivity contribution is -0.242. The molecule has 18 heavy (non-hydrogen) atoms. The fourth-order valence-electron chi connectivity index (χ4n) is 3.61. The fraction of sp³-hybridized carbons (Fsp3) is 0.846. The van der Waals surface area contributed by atoms with Crippen molar-refractivity contribution in [3.05, 3.63) is 0 Å². The third kappa shape index (κ3) is 1.51. The largest absolute Gasteiger partial charge is 0.390 e. The van der Waals surface area contributed by atoms with E-state index in [-0.39, 0.29) is 23.2 Å². The standard InChI is InChI=1S/C13H19NO4/c1-7-12(3-4-12)9(6-14-8(2)15)11(17)18-13(7)5-10(13)16/h6-7,9-11,16-17H,3-5H2,1-2H3/t7-,9-,10?,11?,13?/m0/s1. The highest BCUT2D eigenvalue weighted by Gasteiger charge is 2.73. The predicted octanol–water partition coefficient (Wildman–Crippen LogP) is 0.488. The van der Waals surface area contributed by atoms with Gasteiger partial charge in [-0.3, -0.25) is 4.79 Å². The molecule has 2 spiro atoms. The highest BCUT2D eigenvalue weighted by molar-refractivity contribution is 5.84. The molecule has 0 aromatic rings. The number of carbonyl (C=O) groups excluding carboxylic acids is 1. The van der Waals surface area contributed by atoms with Crippen LogP contribution in [0, 0.1) is 17.3 Å². The Balaban J connectivity index is 1.87. The van der Waals surface area contributed by atoms with Crippen molar-refractivity contribution in [2.75, 3.05) is 0 Å². The minimum atomic E-state index is -0.969. The quantitative estimate of drug-likeness (QED) is 0.666. The molecular weight excluding hydrogens is 234 g/mol. The van der Waals surface area contributed by atoms with Gasteiger partial charge in [0.05, 0.1) is 12.0 Å². The van der Waals surface area contributed by atoms with Gasteiger partial charge in [-0.25, -0.2) is 4.99 Å². The Kier molecular flexibility index (Phi) is 2.47. The van der Waals surface area contributed by atoms with Crippen LogP contribution >= 0.6 is 0 Å². The van der Waals surface area contributed by atoms with Crippen molar-refractivity contribution in [2.45, 2.75) is 51.1 Å². The van der Waals surface area contributed by atoms with Crippen molar-refractivity contribution in [1.82, 2.24) is 0 Å². The molecule has 1 aliphatic heterocycles. The Morgan fingerprint density at radius 2 is 2.06 bits per heavy atom. The van der Waals surface area contributed by atoms with Gasteiger partial charge >= 0.3 is 0 Å². The van der Waals surface area contributed by atoms with Gasteiger partial charge in [-0.15, -0.1) is 0 Å². The van der Waals surface area contributed by atoms with E-state index in [4.69, 9.17) is 4.74 Å². The fourth-order valence-corrected chi connectivity index (χ4v) is 3.61. The maximum atomic E-state index is 10.9. The molecule has 5 atom stereocenters. The number of hydrogen-bond donors (Lipinski definition) is 2. The smallest absolute Gasteiger partial charge is 0.242 e. The number of aliphatic imine (C=N–C) groups is 1. The Morgan fingerprint density at radius 1 is 1.44 bits per heavy atom. The van der Waals surface area contributed by atoms with Crippen molar-refractivity contribution >= 4 is 12.1 Å². The third-order valence-electron chi connectivity index (χ3n) is 5.07. The summed E-state index contributed by atoms with van der Waals surface area (Å²) in [6.07, 6.45) is 2.70. The zero-order chi connectivity index (χ0) is 13.1. The zero-order valence-electron chi connectivity index (χ0n) is 10.7. The first-order chi connectivity index (χ1) is 8.42. The maximum absolute atomic E-state index is 10.9. The maximum Gasteiger partial charge on any atom is 0.242 e. The summed E-state index contributed by atoms with van der Waals surface area (Å²) in [5, 5.41) is 19.9. The molecule has 0 radical (unpaired) electrons. The van der Waals surface area contributed by atoms with Gasteiger partial charge in [-0.1, -0.05) is 6.92 Å². The highest BCUT2D eigenvalue weighted by Crippen LogP contribution is 2.69. The zero-order valence-corrected chi connectivity index (χ0v) is 10.7. The summed E-state index contributed by atoms with van der Waals surface area (Å²) in [6.45, 7) is 3.46. The number of amides is 1. The number of nitrogens with zero attached hydrogens (tertiary/aromatic N) is 1. The minimum absolute atomic E-state index is 0.0475. The molecule has 0 bridgehead atoms. The first-order valence-corrected chi connectivity index (χ1v) is 6.51. The van der Waals surface area contributed by atoms with E-state index < -0.39 is 18.0 Å².